The quantitative estimate of drug-likeness (QED) is 0.0251. The second-order valence-corrected chi connectivity index (χ2v) is 21.7. The predicted octanol–water partition coefficient (Wildman–Crippen LogP) is 4.39. The summed E-state index contributed by atoms with van der Waals surface area (Å²) in [6, 6.07) is 65.4. The summed E-state index contributed by atoms with van der Waals surface area (Å²) < 4.78 is 41.6. The number of hydrogen-bond donors (Lipinski definition) is 2. The number of carbonyl (C=O) groups is 1. The molecule has 0 radical (unpaired) electrons. The summed E-state index contributed by atoms with van der Waals surface area (Å²) >= 11 is 0. The van der Waals surface area contributed by atoms with Crippen LogP contribution in [0.2, 0.25) is 0 Å². The third kappa shape index (κ3) is 16.9. The molecule has 0 saturated heterocycles. The zero-order valence-electron chi connectivity index (χ0n) is 44.9. The first-order valence-corrected chi connectivity index (χ1v) is 26.7. The van der Waals surface area contributed by atoms with Crippen LogP contribution in [-0.2, 0) is 18.8 Å². The van der Waals surface area contributed by atoms with Crippen LogP contribution in [0, 0.1) is 68.6 Å². The molecule has 0 aliphatic heterocycles. The molecule has 0 aliphatic rings. The first-order chi connectivity index (χ1) is 39.2. The normalized spacial score (nSPS) is 9.82. The maximum Gasteiger partial charge on any atom is 1.00 e. The third-order valence-corrected chi connectivity index (χ3v) is 17.6. The SMILES string of the molecule is N#Cc1ccc([N+](=O)[O-])cc1C#N.O=CO[O-].O=P(c1ccccc1)(c1ccccc1)c1cc(O)ccc1O.[C-]#[N+]c1ccc(Oc2ccc(Oc3ccc(C#N)c(C#N)c3)c(P(=O)(c3ccccc3)c3ccccc3)c2)cc1[N+]#[C-].[H-].[K+].[K+]. The number of rotatable bonds is 12. The molecule has 0 bridgehead atoms. The average Bonchev–Trinajstić information content (AvgIpc) is 3.72. The largest absolute Gasteiger partial charge is 1.00 e. The van der Waals surface area contributed by atoms with E-state index >= 15 is 4.57 Å². The average molecular weight is 1190 g/mol. The van der Waals surface area contributed by atoms with Crippen molar-refractivity contribution in [3.8, 4) is 58.8 Å². The maximum absolute atomic E-state index is 15.3. The molecule has 2 N–H and O–H groups in total. The van der Waals surface area contributed by atoms with Gasteiger partial charge < -0.3 is 40.4 Å². The van der Waals surface area contributed by atoms with Crippen molar-refractivity contribution in [2.24, 2.45) is 0 Å². The van der Waals surface area contributed by atoms with Gasteiger partial charge >= 0.3 is 103 Å². The van der Waals surface area contributed by atoms with Gasteiger partial charge in [-0.3, -0.25) is 19.8 Å². The van der Waals surface area contributed by atoms with E-state index in [0.717, 1.165) is 6.07 Å². The van der Waals surface area contributed by atoms with Gasteiger partial charge in [-0.25, -0.2) is 4.85 Å². The number of hydrogen-bond acceptors (Lipinski definition) is 15. The van der Waals surface area contributed by atoms with Crippen LogP contribution in [0.15, 0.2) is 212 Å². The van der Waals surface area contributed by atoms with Crippen LogP contribution < -0.4 is 149 Å². The van der Waals surface area contributed by atoms with Crippen LogP contribution in [0.4, 0.5) is 17.1 Å². The molecule has 0 saturated carbocycles. The molecule has 0 aliphatic carbocycles. The standard InChI is InChI=1S/C34H19N4O3P.C18H15O3P.C8H3N3O2.CH2O3.2K.H/c1-37-31-17-15-27(20-32(31)38-2)40-28-16-18-33(41-26-14-13-24(22-35)25(19-26)23-36)34(21-28)42(39,29-9-5-3-6-10-29)30-11-7-4-8-12-30;19-14-11-12-17(20)18(13-14)22(21,15-7-3-1-4-8-15)16-9-5-2-6-10-16;9-4-6-1-2-8(11(12)13)3-7(6)5-10;2-1-4-3;;;/h3-21H;1-13,19-20H;1-3H;1,3H;;;/q;;;;2*+1;-1/p-1. The van der Waals surface area contributed by atoms with Crippen LogP contribution in [0.25, 0.3) is 9.69 Å². The summed E-state index contributed by atoms with van der Waals surface area (Å²) in [6.07, 6.45) is 0. The van der Waals surface area contributed by atoms with Gasteiger partial charge in [0.25, 0.3) is 12.2 Å². The molecule has 0 unspecified atom stereocenters. The fraction of sp³-hybridized carbons (Fsp3) is 0. The molecule has 18 nitrogen and oxygen atoms in total. The van der Waals surface area contributed by atoms with E-state index < -0.39 is 19.2 Å². The molecular formula is C61H39K2N7O11P2. The van der Waals surface area contributed by atoms with Crippen molar-refractivity contribution in [1.29, 1.82) is 21.0 Å². The van der Waals surface area contributed by atoms with E-state index in [-0.39, 0.29) is 173 Å². The second-order valence-electron chi connectivity index (χ2n) is 16.3. The number of non-ortho nitro benzene ring substituents is 1. The smallest absolute Gasteiger partial charge is 1.00 e. The molecule has 396 valence electrons. The van der Waals surface area contributed by atoms with E-state index in [2.05, 4.69) is 14.6 Å². The van der Waals surface area contributed by atoms with Gasteiger partial charge in [0.15, 0.2) is 25.7 Å². The van der Waals surface area contributed by atoms with Crippen molar-refractivity contribution in [3.05, 3.63) is 268 Å². The zero-order chi connectivity index (χ0) is 58.4. The monoisotopic (exact) mass is 1190 g/mol. The molecule has 0 heterocycles. The summed E-state index contributed by atoms with van der Waals surface area (Å²) in [5.74, 6) is 1.14. The van der Waals surface area contributed by atoms with Crippen molar-refractivity contribution in [2.45, 2.75) is 0 Å². The number of ether oxygens (including phenoxy) is 2. The van der Waals surface area contributed by atoms with Crippen LogP contribution in [0.5, 0.6) is 34.5 Å². The van der Waals surface area contributed by atoms with Crippen LogP contribution in [-0.4, -0.2) is 21.6 Å². The molecule has 9 rings (SSSR count). The molecule has 0 fully saturated rings. The number of nitro benzene ring substituents is 1. The van der Waals surface area contributed by atoms with Crippen molar-refractivity contribution in [1.82, 2.24) is 0 Å². The number of phenolic OH excluding ortho intramolecular Hbond substituents is 2. The van der Waals surface area contributed by atoms with Crippen molar-refractivity contribution in [3.63, 3.8) is 0 Å². The summed E-state index contributed by atoms with van der Waals surface area (Å²) in [4.78, 5) is 27.7. The summed E-state index contributed by atoms with van der Waals surface area (Å²) in [6.45, 7) is 14.5. The van der Waals surface area contributed by atoms with Crippen molar-refractivity contribution in [2.75, 3.05) is 0 Å². The predicted molar refractivity (Wildman–Crippen MR) is 301 cm³/mol. The minimum absolute atomic E-state index is 0. The Kier molecular flexibility index (Phi) is 26.7. The molecular weight excluding hydrogens is 1150 g/mol. The molecule has 0 spiro atoms. The van der Waals surface area contributed by atoms with Gasteiger partial charge in [-0.15, -0.1) is 0 Å². The number of nitrogens with zero attached hydrogens (tertiary/aromatic N) is 7. The van der Waals surface area contributed by atoms with E-state index in [1.165, 1.54) is 54.6 Å². The van der Waals surface area contributed by atoms with Gasteiger partial charge in [-0.2, -0.15) is 21.0 Å². The van der Waals surface area contributed by atoms with E-state index in [9.17, 15) is 35.4 Å². The van der Waals surface area contributed by atoms with Gasteiger partial charge in [0.05, 0.1) is 50.9 Å². The minimum Gasteiger partial charge on any atom is -1.00 e. The Morgan fingerprint density at radius 1 is 0.506 bits per heavy atom. The molecule has 0 amide bonds. The summed E-state index contributed by atoms with van der Waals surface area (Å²) in [5.41, 5.74) is 0.746. The van der Waals surface area contributed by atoms with Crippen molar-refractivity contribution >= 4 is 69.6 Å². The van der Waals surface area contributed by atoms with E-state index in [1.54, 1.807) is 91.0 Å². The number of carbonyl (C=O) groups excluding carboxylic acids is 1. The number of nitriles is 4. The third-order valence-electron chi connectivity index (χ3n) is 11.4. The second kappa shape index (κ2) is 33.0. The van der Waals surface area contributed by atoms with Gasteiger partial charge in [0, 0.05) is 33.4 Å². The molecule has 9 aromatic carbocycles. The van der Waals surface area contributed by atoms with E-state index in [1.807, 2.05) is 84.9 Å². The zero-order valence-corrected chi connectivity index (χ0v) is 51.9. The first-order valence-electron chi connectivity index (χ1n) is 23.3. The topological polar surface area (TPSA) is 289 Å². The minimum atomic E-state index is -3.56. The van der Waals surface area contributed by atoms with E-state index in [4.69, 9.17) is 43.2 Å². The number of phenols is 2. The van der Waals surface area contributed by atoms with Crippen LogP contribution in [0.3, 0.4) is 0 Å². The molecule has 22 heteroatoms. The van der Waals surface area contributed by atoms with Crippen molar-refractivity contribution < 1.29 is 153 Å². The Labute approximate surface area is 563 Å². The van der Waals surface area contributed by atoms with Gasteiger partial charge in [-0.1, -0.05) is 127 Å². The molecule has 9 aromatic rings. The first kappa shape index (κ1) is 67.2. The Balaban J connectivity index is 0.000000366. The summed E-state index contributed by atoms with van der Waals surface area (Å²) in [5, 5.41) is 77.5. The molecule has 0 aromatic heterocycles. The Hall–Kier alpha value is -8.32. The maximum atomic E-state index is 15.3. The van der Waals surface area contributed by atoms with Crippen LogP contribution >= 0.6 is 14.3 Å². The fourth-order valence-corrected chi connectivity index (χ4v) is 13.2. The number of benzene rings is 9. The molecule has 0 atom stereocenters. The Morgan fingerprint density at radius 2 is 0.916 bits per heavy atom. The fourth-order valence-electron chi connectivity index (χ4n) is 7.69. The van der Waals surface area contributed by atoms with Gasteiger partial charge in [0.1, 0.15) is 58.8 Å². The Bertz CT molecular complexity index is 4050. The van der Waals surface area contributed by atoms with Crippen LogP contribution in [0.1, 0.15) is 23.7 Å². The number of aromatic hydroxyl groups is 2. The van der Waals surface area contributed by atoms with Gasteiger partial charge in [0.2, 0.25) is 0 Å². The van der Waals surface area contributed by atoms with E-state index in [0.29, 0.717) is 43.8 Å². The summed E-state index contributed by atoms with van der Waals surface area (Å²) in [7, 11) is -6.81. The Morgan fingerprint density at radius 3 is 1.36 bits per heavy atom. The van der Waals surface area contributed by atoms with Gasteiger partial charge in [-0.05, 0) is 72.8 Å². The molecule has 83 heavy (non-hydrogen) atoms. The number of nitro groups is 1.